The van der Waals surface area contributed by atoms with Crippen molar-refractivity contribution < 1.29 is 8.42 Å². The summed E-state index contributed by atoms with van der Waals surface area (Å²) in [7, 11) is -3.16. The molecule has 1 aromatic heterocycles. The maximum Gasteiger partial charge on any atom is 0.175 e. The standard InChI is InChI=1S/C11H10BrNO2S/c1-16(14,15)9-4-2-3-8(7-9)11-10(12)5-6-13-11/h2-7,13H,1H3. The predicted octanol–water partition coefficient (Wildman–Crippen LogP) is 2.85. The van der Waals surface area contributed by atoms with Crippen LogP contribution in [0.15, 0.2) is 45.9 Å². The molecule has 0 spiro atoms. The Morgan fingerprint density at radius 1 is 1.25 bits per heavy atom. The van der Waals surface area contributed by atoms with Gasteiger partial charge in [-0.25, -0.2) is 8.42 Å². The van der Waals surface area contributed by atoms with Gasteiger partial charge in [0, 0.05) is 22.5 Å². The van der Waals surface area contributed by atoms with Gasteiger partial charge in [-0.3, -0.25) is 0 Å². The maximum atomic E-state index is 11.4. The van der Waals surface area contributed by atoms with Gasteiger partial charge < -0.3 is 4.98 Å². The first-order valence-electron chi connectivity index (χ1n) is 4.62. The molecule has 0 atom stereocenters. The summed E-state index contributed by atoms with van der Waals surface area (Å²) in [6.45, 7) is 0. The highest BCUT2D eigenvalue weighted by molar-refractivity contribution is 9.10. The van der Waals surface area contributed by atoms with Crippen LogP contribution in [0.2, 0.25) is 0 Å². The van der Waals surface area contributed by atoms with E-state index in [1.807, 2.05) is 12.1 Å². The summed E-state index contributed by atoms with van der Waals surface area (Å²) in [5.41, 5.74) is 1.73. The van der Waals surface area contributed by atoms with Gasteiger partial charge in [0.2, 0.25) is 0 Å². The van der Waals surface area contributed by atoms with E-state index in [4.69, 9.17) is 0 Å². The quantitative estimate of drug-likeness (QED) is 0.927. The topological polar surface area (TPSA) is 49.9 Å². The van der Waals surface area contributed by atoms with E-state index in [-0.39, 0.29) is 0 Å². The Balaban J connectivity index is 2.57. The van der Waals surface area contributed by atoms with E-state index >= 15 is 0 Å². The van der Waals surface area contributed by atoms with Crippen molar-refractivity contribution in [1.29, 1.82) is 0 Å². The number of rotatable bonds is 2. The van der Waals surface area contributed by atoms with Crippen LogP contribution in [0.4, 0.5) is 0 Å². The van der Waals surface area contributed by atoms with Crippen LogP contribution in [0.3, 0.4) is 0 Å². The summed E-state index contributed by atoms with van der Waals surface area (Å²) in [6, 6.07) is 8.73. The van der Waals surface area contributed by atoms with Crippen molar-refractivity contribution in [1.82, 2.24) is 4.98 Å². The molecule has 2 rings (SSSR count). The molecule has 2 aromatic rings. The zero-order valence-electron chi connectivity index (χ0n) is 8.57. The molecule has 5 heteroatoms. The second-order valence-electron chi connectivity index (χ2n) is 3.50. The maximum absolute atomic E-state index is 11.4. The average molecular weight is 300 g/mol. The van der Waals surface area contributed by atoms with Crippen LogP contribution < -0.4 is 0 Å². The molecule has 0 aliphatic heterocycles. The van der Waals surface area contributed by atoms with Crippen LogP contribution in [-0.4, -0.2) is 19.7 Å². The average Bonchev–Trinajstić information content (AvgIpc) is 2.63. The van der Waals surface area contributed by atoms with Gasteiger partial charge in [-0.05, 0) is 34.1 Å². The molecule has 0 unspecified atom stereocenters. The highest BCUT2D eigenvalue weighted by Crippen LogP contribution is 2.27. The molecule has 84 valence electrons. The van der Waals surface area contributed by atoms with E-state index < -0.39 is 9.84 Å². The number of hydrogen-bond acceptors (Lipinski definition) is 2. The summed E-state index contributed by atoms with van der Waals surface area (Å²) in [4.78, 5) is 3.38. The predicted molar refractivity (Wildman–Crippen MR) is 67.0 cm³/mol. The molecular weight excluding hydrogens is 290 g/mol. The second kappa shape index (κ2) is 4.07. The lowest BCUT2D eigenvalue weighted by atomic mass is 10.2. The number of nitrogens with one attached hydrogen (secondary N) is 1. The SMILES string of the molecule is CS(=O)(=O)c1cccc(-c2[nH]ccc2Br)c1. The molecule has 0 saturated carbocycles. The van der Waals surface area contributed by atoms with Gasteiger partial charge in [0.1, 0.15) is 0 Å². The van der Waals surface area contributed by atoms with E-state index in [1.165, 1.54) is 6.26 Å². The molecule has 1 heterocycles. The smallest absolute Gasteiger partial charge is 0.175 e. The molecule has 3 nitrogen and oxygen atoms in total. The Bertz CT molecular complexity index is 616. The van der Waals surface area contributed by atoms with Gasteiger partial charge in [0.15, 0.2) is 9.84 Å². The highest BCUT2D eigenvalue weighted by atomic mass is 79.9. The van der Waals surface area contributed by atoms with E-state index in [1.54, 1.807) is 24.4 Å². The Labute approximate surface area is 103 Å². The lowest BCUT2D eigenvalue weighted by molar-refractivity contribution is 0.602. The Morgan fingerprint density at radius 2 is 2.00 bits per heavy atom. The molecule has 0 radical (unpaired) electrons. The van der Waals surface area contributed by atoms with Crippen LogP contribution in [0.1, 0.15) is 0 Å². The summed E-state index contributed by atoms with van der Waals surface area (Å²) < 4.78 is 23.8. The lowest BCUT2D eigenvalue weighted by Crippen LogP contribution is -1.96. The summed E-state index contributed by atoms with van der Waals surface area (Å²) >= 11 is 3.40. The monoisotopic (exact) mass is 299 g/mol. The van der Waals surface area contributed by atoms with Gasteiger partial charge in [-0.2, -0.15) is 0 Å². The second-order valence-corrected chi connectivity index (χ2v) is 6.37. The molecule has 0 amide bonds. The van der Waals surface area contributed by atoms with Gasteiger partial charge in [0.05, 0.1) is 10.6 Å². The number of H-pyrrole nitrogens is 1. The fourth-order valence-electron chi connectivity index (χ4n) is 1.45. The van der Waals surface area contributed by atoms with Gasteiger partial charge in [-0.15, -0.1) is 0 Å². The zero-order valence-corrected chi connectivity index (χ0v) is 11.0. The van der Waals surface area contributed by atoms with Crippen molar-refractivity contribution in [3.05, 3.63) is 41.0 Å². The third-order valence-electron chi connectivity index (χ3n) is 2.25. The number of aromatic amines is 1. The minimum absolute atomic E-state index is 0.325. The van der Waals surface area contributed by atoms with Crippen LogP contribution in [0, 0.1) is 0 Å². The van der Waals surface area contributed by atoms with Crippen LogP contribution >= 0.6 is 15.9 Å². The normalized spacial score (nSPS) is 11.6. The summed E-state index contributed by atoms with van der Waals surface area (Å²) in [5, 5.41) is 0. The molecule has 0 aliphatic rings. The number of aromatic nitrogens is 1. The molecular formula is C11H10BrNO2S. The molecule has 1 N–H and O–H groups in total. The summed E-state index contributed by atoms with van der Waals surface area (Å²) in [6.07, 6.45) is 3.00. The third-order valence-corrected chi connectivity index (χ3v) is 4.02. The van der Waals surface area contributed by atoms with Crippen molar-refractivity contribution in [2.24, 2.45) is 0 Å². The van der Waals surface area contributed by atoms with E-state index in [2.05, 4.69) is 20.9 Å². The molecule has 16 heavy (non-hydrogen) atoms. The fourth-order valence-corrected chi connectivity index (χ4v) is 2.60. The zero-order chi connectivity index (χ0) is 11.8. The van der Waals surface area contributed by atoms with Gasteiger partial charge in [-0.1, -0.05) is 12.1 Å². The Kier molecular flexibility index (Phi) is 2.90. The first-order valence-corrected chi connectivity index (χ1v) is 7.30. The number of hydrogen-bond donors (Lipinski definition) is 1. The van der Waals surface area contributed by atoms with Crippen molar-refractivity contribution in [2.75, 3.05) is 6.26 Å². The first-order chi connectivity index (χ1) is 7.48. The fraction of sp³-hybridized carbons (Fsp3) is 0.0909. The lowest BCUT2D eigenvalue weighted by Gasteiger charge is -2.03. The van der Waals surface area contributed by atoms with Gasteiger partial charge >= 0.3 is 0 Å². The highest BCUT2D eigenvalue weighted by Gasteiger charge is 2.10. The molecule has 1 aromatic carbocycles. The number of benzene rings is 1. The van der Waals surface area contributed by atoms with E-state index in [0.29, 0.717) is 4.90 Å². The van der Waals surface area contributed by atoms with Crippen molar-refractivity contribution in [3.8, 4) is 11.3 Å². The van der Waals surface area contributed by atoms with Crippen LogP contribution in [0.5, 0.6) is 0 Å². The van der Waals surface area contributed by atoms with E-state index in [0.717, 1.165) is 15.7 Å². The van der Waals surface area contributed by atoms with Crippen molar-refractivity contribution in [3.63, 3.8) is 0 Å². The van der Waals surface area contributed by atoms with Crippen molar-refractivity contribution in [2.45, 2.75) is 4.90 Å². The molecule has 0 aliphatic carbocycles. The minimum atomic E-state index is -3.16. The van der Waals surface area contributed by atoms with Crippen LogP contribution in [-0.2, 0) is 9.84 Å². The van der Waals surface area contributed by atoms with Crippen LogP contribution in [0.25, 0.3) is 11.3 Å². The Morgan fingerprint density at radius 3 is 2.56 bits per heavy atom. The number of sulfone groups is 1. The molecule has 0 saturated heterocycles. The number of halogens is 1. The van der Waals surface area contributed by atoms with Gasteiger partial charge in [0.25, 0.3) is 0 Å². The van der Waals surface area contributed by atoms with Crippen molar-refractivity contribution >= 4 is 25.8 Å². The van der Waals surface area contributed by atoms with E-state index in [9.17, 15) is 8.42 Å². The Hall–Kier alpha value is -1.07. The first kappa shape index (κ1) is 11.4. The largest absolute Gasteiger partial charge is 0.360 e. The summed E-state index contributed by atoms with van der Waals surface area (Å²) in [5.74, 6) is 0. The molecule has 0 bridgehead atoms. The third kappa shape index (κ3) is 2.20. The molecule has 0 fully saturated rings. The minimum Gasteiger partial charge on any atom is -0.360 e.